The summed E-state index contributed by atoms with van der Waals surface area (Å²) in [6, 6.07) is 15.1. The van der Waals surface area contributed by atoms with Crippen molar-refractivity contribution in [1.82, 2.24) is 4.90 Å². The molecule has 0 aliphatic carbocycles. The maximum atomic E-state index is 12.3. The van der Waals surface area contributed by atoms with Crippen LogP contribution in [-0.4, -0.2) is 49.4 Å². The van der Waals surface area contributed by atoms with Crippen LogP contribution in [0.15, 0.2) is 48.5 Å². The molecule has 29 heavy (non-hydrogen) atoms. The lowest BCUT2D eigenvalue weighted by atomic mass is 10.0. The zero-order valence-electron chi connectivity index (χ0n) is 16.6. The van der Waals surface area contributed by atoms with Crippen molar-refractivity contribution in [2.75, 3.05) is 20.8 Å². The third-order valence-electron chi connectivity index (χ3n) is 5.27. The lowest BCUT2D eigenvalue weighted by Crippen LogP contribution is -2.33. The standard InChI is InChI=1S/C22H25N3O4/c1-25-18(11-17(22(25)27)12-20(26)28-2)13-29-19-9-7-15(8-10-19)14-3-5-16(6-4-14)21(23)24/h3-10,17-18H,11-13H2,1-2H3,(H3,23,24)/t17-,18-/m0/s1. The molecule has 1 fully saturated rings. The molecule has 3 N–H and O–H groups in total. The molecule has 7 heteroatoms. The van der Waals surface area contributed by atoms with E-state index >= 15 is 0 Å². The van der Waals surface area contributed by atoms with Gasteiger partial charge >= 0.3 is 5.97 Å². The number of carbonyl (C=O) groups is 2. The van der Waals surface area contributed by atoms with E-state index in [0.717, 1.165) is 11.1 Å². The second-order valence-electron chi connectivity index (χ2n) is 7.14. The molecule has 7 nitrogen and oxygen atoms in total. The highest BCUT2D eigenvalue weighted by Crippen LogP contribution is 2.28. The van der Waals surface area contributed by atoms with Crippen molar-refractivity contribution in [2.24, 2.45) is 11.7 Å². The van der Waals surface area contributed by atoms with E-state index in [1.54, 1.807) is 11.9 Å². The average Bonchev–Trinajstić information content (AvgIpc) is 3.00. The van der Waals surface area contributed by atoms with Gasteiger partial charge < -0.3 is 20.1 Å². The Kier molecular flexibility index (Phi) is 6.16. The summed E-state index contributed by atoms with van der Waals surface area (Å²) < 4.78 is 10.5. The van der Waals surface area contributed by atoms with E-state index in [9.17, 15) is 9.59 Å². The molecule has 0 saturated carbocycles. The smallest absolute Gasteiger partial charge is 0.306 e. The molecule has 2 atom stereocenters. The third-order valence-corrected chi connectivity index (χ3v) is 5.27. The normalized spacial score (nSPS) is 18.6. The van der Waals surface area contributed by atoms with Crippen molar-refractivity contribution in [1.29, 1.82) is 5.41 Å². The molecular weight excluding hydrogens is 370 g/mol. The Morgan fingerprint density at radius 3 is 2.28 bits per heavy atom. The molecule has 2 aromatic carbocycles. The molecular formula is C22H25N3O4. The number of hydrogen-bond donors (Lipinski definition) is 2. The molecule has 0 spiro atoms. The van der Waals surface area contributed by atoms with Crippen LogP contribution in [0.5, 0.6) is 5.75 Å². The van der Waals surface area contributed by atoms with Crippen LogP contribution in [0.1, 0.15) is 18.4 Å². The first-order valence-electron chi connectivity index (χ1n) is 9.40. The highest BCUT2D eigenvalue weighted by Gasteiger charge is 2.38. The van der Waals surface area contributed by atoms with Gasteiger partial charge in [0.2, 0.25) is 5.91 Å². The first-order chi connectivity index (χ1) is 13.9. The van der Waals surface area contributed by atoms with Gasteiger partial charge in [-0.05, 0) is 29.7 Å². The van der Waals surface area contributed by atoms with E-state index in [1.807, 2.05) is 48.5 Å². The Morgan fingerprint density at radius 1 is 1.14 bits per heavy atom. The number of amides is 1. The monoisotopic (exact) mass is 395 g/mol. The van der Waals surface area contributed by atoms with Gasteiger partial charge in [-0.15, -0.1) is 0 Å². The number of nitrogens with two attached hydrogens (primary N) is 1. The summed E-state index contributed by atoms with van der Waals surface area (Å²) in [5.41, 5.74) is 8.22. The molecule has 1 heterocycles. The first kappa shape index (κ1) is 20.4. The van der Waals surface area contributed by atoms with E-state index in [2.05, 4.69) is 4.74 Å². The number of benzene rings is 2. The summed E-state index contributed by atoms with van der Waals surface area (Å²) in [7, 11) is 3.06. The number of methoxy groups -OCH3 is 1. The lowest BCUT2D eigenvalue weighted by Gasteiger charge is -2.20. The molecule has 1 aliphatic heterocycles. The van der Waals surface area contributed by atoms with Crippen molar-refractivity contribution in [3.63, 3.8) is 0 Å². The summed E-state index contributed by atoms with van der Waals surface area (Å²) in [6.07, 6.45) is 0.679. The van der Waals surface area contributed by atoms with Crippen molar-refractivity contribution in [3.05, 3.63) is 54.1 Å². The van der Waals surface area contributed by atoms with Crippen LogP contribution in [0.4, 0.5) is 0 Å². The van der Waals surface area contributed by atoms with Crippen LogP contribution in [0.3, 0.4) is 0 Å². The third kappa shape index (κ3) is 4.74. The second kappa shape index (κ2) is 8.77. The first-order valence-corrected chi connectivity index (χ1v) is 9.40. The Hall–Kier alpha value is -3.35. The molecule has 1 amide bonds. The quantitative estimate of drug-likeness (QED) is 0.425. The minimum absolute atomic E-state index is 0.0458. The number of ether oxygens (including phenoxy) is 2. The predicted molar refractivity (Wildman–Crippen MR) is 110 cm³/mol. The van der Waals surface area contributed by atoms with E-state index < -0.39 is 0 Å². The summed E-state index contributed by atoms with van der Waals surface area (Å²) in [5, 5.41) is 7.45. The Labute approximate surface area is 169 Å². The van der Waals surface area contributed by atoms with Gasteiger partial charge in [0.25, 0.3) is 0 Å². The summed E-state index contributed by atoms with van der Waals surface area (Å²) >= 11 is 0. The van der Waals surface area contributed by atoms with Crippen LogP contribution < -0.4 is 10.5 Å². The van der Waals surface area contributed by atoms with Gasteiger partial charge in [0.05, 0.1) is 25.5 Å². The van der Waals surface area contributed by atoms with E-state index in [0.29, 0.717) is 24.3 Å². The van der Waals surface area contributed by atoms with Gasteiger partial charge in [0.1, 0.15) is 18.2 Å². The summed E-state index contributed by atoms with van der Waals surface area (Å²) in [5.74, 6) is -0.00384. The van der Waals surface area contributed by atoms with Crippen LogP contribution >= 0.6 is 0 Å². The fourth-order valence-corrected chi connectivity index (χ4v) is 3.47. The summed E-state index contributed by atoms with van der Waals surface area (Å²) in [4.78, 5) is 25.4. The number of carbonyl (C=O) groups excluding carboxylic acids is 2. The number of rotatable bonds is 7. The topological polar surface area (TPSA) is 106 Å². The SMILES string of the molecule is COC(=O)C[C@@H]1C[C@@H](COc2ccc(-c3ccc(C(=N)N)cc3)cc2)N(C)C1=O. The van der Waals surface area contributed by atoms with E-state index in [4.69, 9.17) is 15.9 Å². The van der Waals surface area contributed by atoms with Crippen molar-refractivity contribution < 1.29 is 19.1 Å². The highest BCUT2D eigenvalue weighted by molar-refractivity contribution is 5.95. The fourth-order valence-electron chi connectivity index (χ4n) is 3.47. The zero-order chi connectivity index (χ0) is 21.0. The van der Waals surface area contributed by atoms with Crippen LogP contribution in [0.2, 0.25) is 0 Å². The van der Waals surface area contributed by atoms with Gasteiger partial charge in [-0.3, -0.25) is 15.0 Å². The van der Waals surface area contributed by atoms with Crippen molar-refractivity contribution >= 4 is 17.7 Å². The minimum Gasteiger partial charge on any atom is -0.491 e. The fraction of sp³-hybridized carbons (Fsp3) is 0.318. The predicted octanol–water partition coefficient (Wildman–Crippen LogP) is 2.43. The largest absolute Gasteiger partial charge is 0.491 e. The number of likely N-dealkylation sites (N-methyl/N-ethyl adjacent to an activating group) is 1. The number of esters is 1. The highest BCUT2D eigenvalue weighted by atomic mass is 16.5. The van der Waals surface area contributed by atoms with Gasteiger partial charge in [0.15, 0.2) is 0 Å². The van der Waals surface area contributed by atoms with Gasteiger partial charge in [-0.1, -0.05) is 36.4 Å². The van der Waals surface area contributed by atoms with Crippen molar-refractivity contribution in [3.8, 4) is 16.9 Å². The van der Waals surface area contributed by atoms with Crippen LogP contribution in [-0.2, 0) is 14.3 Å². The molecule has 1 aliphatic rings. The molecule has 0 unspecified atom stereocenters. The zero-order valence-corrected chi connectivity index (χ0v) is 16.6. The molecule has 2 aromatic rings. The Bertz CT molecular complexity index is 893. The number of nitrogens with zero attached hydrogens (tertiary/aromatic N) is 1. The maximum absolute atomic E-state index is 12.3. The number of amidine groups is 1. The minimum atomic E-state index is -0.370. The number of nitrogens with one attached hydrogen (secondary N) is 1. The molecule has 152 valence electrons. The maximum Gasteiger partial charge on any atom is 0.306 e. The number of nitrogen functional groups attached to an aromatic ring is 1. The van der Waals surface area contributed by atoms with Gasteiger partial charge in [-0.2, -0.15) is 0 Å². The molecule has 1 saturated heterocycles. The summed E-state index contributed by atoms with van der Waals surface area (Å²) in [6.45, 7) is 0.368. The molecule has 0 aromatic heterocycles. The lowest BCUT2D eigenvalue weighted by molar-refractivity contribution is -0.144. The van der Waals surface area contributed by atoms with Gasteiger partial charge in [-0.25, -0.2) is 0 Å². The van der Waals surface area contributed by atoms with E-state index in [1.165, 1.54) is 7.11 Å². The molecule has 0 bridgehead atoms. The van der Waals surface area contributed by atoms with Crippen LogP contribution in [0, 0.1) is 11.3 Å². The number of hydrogen-bond acceptors (Lipinski definition) is 5. The van der Waals surface area contributed by atoms with E-state index in [-0.39, 0.29) is 36.1 Å². The Balaban J connectivity index is 1.58. The van der Waals surface area contributed by atoms with Gasteiger partial charge in [0, 0.05) is 12.6 Å². The van der Waals surface area contributed by atoms with Crippen molar-refractivity contribution in [2.45, 2.75) is 18.9 Å². The average molecular weight is 395 g/mol. The van der Waals surface area contributed by atoms with Crippen LogP contribution in [0.25, 0.3) is 11.1 Å². The molecule has 3 rings (SSSR count). The number of likely N-dealkylation sites (tertiary alicyclic amines) is 1. The second-order valence-corrected chi connectivity index (χ2v) is 7.14. The Morgan fingerprint density at radius 2 is 1.72 bits per heavy atom. The molecule has 0 radical (unpaired) electrons.